The van der Waals surface area contributed by atoms with Crippen LogP contribution in [0.1, 0.15) is 32.2 Å². The summed E-state index contributed by atoms with van der Waals surface area (Å²) < 4.78 is 7.89. The van der Waals surface area contributed by atoms with Crippen molar-refractivity contribution in [2.45, 2.75) is 33.7 Å². The molecule has 6 heteroatoms. The van der Waals surface area contributed by atoms with Gasteiger partial charge in [-0.3, -0.25) is 0 Å². The molecule has 0 aliphatic carbocycles. The average Bonchev–Trinajstić information content (AvgIpc) is 3.07. The maximum absolute atomic E-state index is 5.56. The zero-order chi connectivity index (χ0) is 20.6. The van der Waals surface area contributed by atoms with Crippen LogP contribution in [0.5, 0.6) is 5.75 Å². The number of likely N-dealkylation sites (N-methyl/N-ethyl adjacent to an activating group) is 1. The van der Waals surface area contributed by atoms with Gasteiger partial charge in [-0.2, -0.15) is 4.99 Å². The Hall–Kier alpha value is -2.53. The van der Waals surface area contributed by atoms with Crippen molar-refractivity contribution in [3.8, 4) is 5.75 Å². The lowest BCUT2D eigenvalue weighted by Gasteiger charge is -2.19. The van der Waals surface area contributed by atoms with E-state index in [0.717, 1.165) is 60.9 Å². The molecule has 0 saturated heterocycles. The van der Waals surface area contributed by atoms with Gasteiger partial charge >= 0.3 is 0 Å². The number of ether oxygens (including phenoxy) is 1. The maximum Gasteiger partial charge on any atom is 0.119 e. The van der Waals surface area contributed by atoms with E-state index < -0.39 is 0 Å². The second-order valence-corrected chi connectivity index (χ2v) is 7.02. The third-order valence-corrected chi connectivity index (χ3v) is 5.21. The minimum atomic E-state index is 0.674. The molecule has 0 bridgehead atoms. The van der Waals surface area contributed by atoms with E-state index in [1.807, 2.05) is 31.2 Å². The van der Waals surface area contributed by atoms with Crippen molar-refractivity contribution in [1.29, 1.82) is 0 Å². The Kier molecular flexibility index (Phi) is 7.53. The molecule has 2 aromatic carbocycles. The van der Waals surface area contributed by atoms with Crippen LogP contribution in [0.2, 0.25) is 0 Å². The lowest BCUT2D eigenvalue weighted by Crippen LogP contribution is -2.27. The molecule has 0 radical (unpaired) electrons. The van der Waals surface area contributed by atoms with Gasteiger partial charge in [0.25, 0.3) is 0 Å². The molecule has 29 heavy (non-hydrogen) atoms. The predicted molar refractivity (Wildman–Crippen MR) is 123 cm³/mol. The normalized spacial score (nSPS) is 11.0. The van der Waals surface area contributed by atoms with Crippen LogP contribution in [0.25, 0.3) is 11.0 Å². The molecule has 0 atom stereocenters. The highest BCUT2D eigenvalue weighted by molar-refractivity contribution is 7.78. The number of thiocarbonyl (C=S) groups is 1. The number of fused-ring (bicyclic) bond motifs is 1. The van der Waals surface area contributed by atoms with Gasteiger partial charge in [0.15, 0.2) is 0 Å². The summed E-state index contributed by atoms with van der Waals surface area (Å²) in [6.45, 7) is 11.1. The molecule has 0 saturated carbocycles. The monoisotopic (exact) mass is 408 g/mol. The molecule has 3 rings (SSSR count). The van der Waals surface area contributed by atoms with Crippen LogP contribution in [0.3, 0.4) is 0 Å². The molecule has 0 unspecified atom stereocenters. The molecule has 152 valence electrons. The molecule has 0 aliphatic rings. The first-order chi connectivity index (χ1) is 14.2. The first kappa shape index (κ1) is 21.2. The van der Waals surface area contributed by atoms with Gasteiger partial charge in [-0.15, -0.1) is 0 Å². The molecule has 1 heterocycles. The van der Waals surface area contributed by atoms with Crippen molar-refractivity contribution in [2.75, 3.05) is 26.2 Å². The Balaban J connectivity index is 1.93. The molecular formula is C23H28N4OS. The van der Waals surface area contributed by atoms with Crippen molar-refractivity contribution in [2.24, 2.45) is 4.99 Å². The van der Waals surface area contributed by atoms with Gasteiger partial charge in [-0.25, -0.2) is 4.98 Å². The first-order valence-corrected chi connectivity index (χ1v) is 10.6. The lowest BCUT2D eigenvalue weighted by atomic mass is 10.1. The Morgan fingerprint density at radius 2 is 1.86 bits per heavy atom. The van der Waals surface area contributed by atoms with Gasteiger partial charge in [0.2, 0.25) is 0 Å². The van der Waals surface area contributed by atoms with Crippen LogP contribution in [0.4, 0.5) is 5.69 Å². The summed E-state index contributed by atoms with van der Waals surface area (Å²) in [7, 11) is 0. The van der Waals surface area contributed by atoms with Crippen LogP contribution in [-0.2, 0) is 13.0 Å². The molecule has 0 fully saturated rings. The Labute approximate surface area is 178 Å². The number of hydrogen-bond donors (Lipinski definition) is 0. The summed E-state index contributed by atoms with van der Waals surface area (Å²) in [5.41, 5.74) is 4.07. The maximum atomic E-state index is 5.56. The van der Waals surface area contributed by atoms with Crippen molar-refractivity contribution < 1.29 is 4.74 Å². The van der Waals surface area contributed by atoms with E-state index in [-0.39, 0.29) is 0 Å². The Morgan fingerprint density at radius 1 is 1.10 bits per heavy atom. The van der Waals surface area contributed by atoms with E-state index in [0.29, 0.717) is 6.61 Å². The number of benzene rings is 2. The van der Waals surface area contributed by atoms with Gasteiger partial charge in [-0.1, -0.05) is 26.0 Å². The molecule has 1 aromatic heterocycles. The predicted octanol–water partition coefficient (Wildman–Crippen LogP) is 5.10. The zero-order valence-electron chi connectivity index (χ0n) is 17.4. The third kappa shape index (κ3) is 5.30. The fraction of sp³-hybridized carbons (Fsp3) is 0.391. The topological polar surface area (TPSA) is 42.7 Å². The van der Waals surface area contributed by atoms with Crippen LogP contribution in [0.15, 0.2) is 47.5 Å². The number of hydrogen-bond acceptors (Lipinski definition) is 5. The summed E-state index contributed by atoms with van der Waals surface area (Å²) in [5.74, 6) is 1.95. The minimum Gasteiger partial charge on any atom is -0.494 e. The number of imidazole rings is 1. The number of rotatable bonds is 10. The highest BCUT2D eigenvalue weighted by atomic mass is 32.1. The number of nitrogens with zero attached hydrogens (tertiary/aromatic N) is 4. The smallest absolute Gasteiger partial charge is 0.119 e. The number of aliphatic imine (C=N–C) groups is 1. The van der Waals surface area contributed by atoms with E-state index in [2.05, 4.69) is 51.7 Å². The molecule has 5 nitrogen and oxygen atoms in total. The van der Waals surface area contributed by atoms with Gasteiger partial charge in [-0.05, 0) is 68.1 Å². The molecule has 0 amide bonds. The zero-order valence-corrected chi connectivity index (χ0v) is 18.2. The van der Waals surface area contributed by atoms with Crippen molar-refractivity contribution in [1.82, 2.24) is 14.5 Å². The molecule has 0 aliphatic heterocycles. The van der Waals surface area contributed by atoms with Crippen LogP contribution < -0.4 is 4.74 Å². The second-order valence-electron chi connectivity index (χ2n) is 6.84. The minimum absolute atomic E-state index is 0.674. The van der Waals surface area contributed by atoms with Crippen LogP contribution >= 0.6 is 12.2 Å². The summed E-state index contributed by atoms with van der Waals surface area (Å²) >= 11 is 4.74. The highest BCUT2D eigenvalue weighted by Crippen LogP contribution is 2.24. The van der Waals surface area contributed by atoms with Gasteiger partial charge in [0, 0.05) is 19.5 Å². The van der Waals surface area contributed by atoms with E-state index in [4.69, 9.17) is 21.9 Å². The Morgan fingerprint density at radius 3 is 2.52 bits per heavy atom. The van der Waals surface area contributed by atoms with E-state index in [1.165, 1.54) is 5.56 Å². The molecular weight excluding hydrogens is 380 g/mol. The van der Waals surface area contributed by atoms with Crippen LogP contribution in [-0.4, -0.2) is 45.9 Å². The summed E-state index contributed by atoms with van der Waals surface area (Å²) in [6, 6.07) is 14.3. The van der Waals surface area contributed by atoms with Crippen molar-refractivity contribution in [3.63, 3.8) is 0 Å². The second kappa shape index (κ2) is 10.3. The summed E-state index contributed by atoms with van der Waals surface area (Å²) in [5, 5.41) is 2.44. The summed E-state index contributed by atoms with van der Waals surface area (Å²) in [4.78, 5) is 11.5. The third-order valence-electron chi connectivity index (χ3n) is 5.12. The molecule has 0 N–H and O–H groups in total. The van der Waals surface area contributed by atoms with Gasteiger partial charge < -0.3 is 14.2 Å². The molecule has 3 aromatic rings. The van der Waals surface area contributed by atoms with Gasteiger partial charge in [0.05, 0.1) is 28.5 Å². The van der Waals surface area contributed by atoms with Crippen molar-refractivity contribution in [3.05, 3.63) is 53.9 Å². The van der Waals surface area contributed by atoms with E-state index in [9.17, 15) is 0 Å². The molecule has 0 spiro atoms. The van der Waals surface area contributed by atoms with E-state index in [1.54, 1.807) is 0 Å². The standard InChI is InChI=1S/C23H28N4OS/c1-4-26(5-2)13-14-27-22-12-9-19(24-17-29)16-21(22)25-23(27)15-18-7-10-20(11-8-18)28-6-3/h7-12,16H,4-6,13-15H2,1-3H3. The Bertz CT molecular complexity index is 986. The average molecular weight is 409 g/mol. The fourth-order valence-electron chi connectivity index (χ4n) is 3.51. The largest absolute Gasteiger partial charge is 0.494 e. The number of aromatic nitrogens is 2. The van der Waals surface area contributed by atoms with E-state index >= 15 is 0 Å². The quantitative estimate of drug-likeness (QED) is 0.346. The first-order valence-electron chi connectivity index (χ1n) is 10.2. The lowest BCUT2D eigenvalue weighted by molar-refractivity contribution is 0.291. The SMILES string of the molecule is CCOc1ccc(Cc2nc3cc(N=C=S)ccc3n2CCN(CC)CC)cc1. The van der Waals surface area contributed by atoms with Crippen LogP contribution in [0, 0.1) is 0 Å². The highest BCUT2D eigenvalue weighted by Gasteiger charge is 2.13. The number of isothiocyanates is 1. The fourth-order valence-corrected chi connectivity index (χ4v) is 3.61. The van der Waals surface area contributed by atoms with Crippen molar-refractivity contribution >= 4 is 34.1 Å². The summed E-state index contributed by atoms with van der Waals surface area (Å²) in [6.07, 6.45) is 0.769. The van der Waals surface area contributed by atoms with Gasteiger partial charge in [0.1, 0.15) is 11.6 Å².